The van der Waals surface area contributed by atoms with Crippen molar-refractivity contribution in [2.45, 2.75) is 0 Å². The fourth-order valence-corrected chi connectivity index (χ4v) is 2.63. The van der Waals surface area contributed by atoms with Gasteiger partial charge in [-0.25, -0.2) is 4.99 Å². The Morgan fingerprint density at radius 2 is 2.17 bits per heavy atom. The van der Waals surface area contributed by atoms with Crippen molar-refractivity contribution in [2.75, 3.05) is 45.6 Å². The van der Waals surface area contributed by atoms with Crippen LogP contribution in [0, 0.1) is 11.5 Å². The number of morpholine rings is 1. The van der Waals surface area contributed by atoms with Crippen LogP contribution in [-0.2, 0) is 4.74 Å². The number of thioether (sulfide) groups is 1. The number of amides is 1. The Bertz CT molecular complexity index is 623. The summed E-state index contributed by atoms with van der Waals surface area (Å²) in [5.74, 6) is -0.167. The molecule has 0 bridgehead atoms. The van der Waals surface area contributed by atoms with Crippen molar-refractivity contribution in [3.63, 3.8) is 0 Å². The molecule has 1 amide bonds. The highest BCUT2D eigenvalue weighted by atomic mass is 32.2. The normalized spacial score (nSPS) is 15.6. The molecule has 0 atom stereocenters. The van der Waals surface area contributed by atoms with Crippen molar-refractivity contribution >= 4 is 28.5 Å². The Morgan fingerprint density at radius 1 is 1.42 bits per heavy atom. The van der Waals surface area contributed by atoms with Crippen LogP contribution < -0.4 is 10.6 Å². The number of carbonyl (C=O) groups excluding carboxylic acids is 1. The van der Waals surface area contributed by atoms with Crippen LogP contribution in [0.2, 0.25) is 0 Å². The molecule has 1 aliphatic heterocycles. The first-order valence-corrected chi connectivity index (χ1v) is 8.92. The fourth-order valence-electron chi connectivity index (χ4n) is 2.29. The molecule has 1 heterocycles. The van der Waals surface area contributed by atoms with Crippen LogP contribution in [0.25, 0.3) is 0 Å². The summed E-state index contributed by atoms with van der Waals surface area (Å²) in [6.07, 6.45) is 3.65. The minimum atomic E-state index is -0.167. The Kier molecular flexibility index (Phi) is 7.55. The van der Waals surface area contributed by atoms with Crippen molar-refractivity contribution < 1.29 is 9.53 Å². The lowest BCUT2D eigenvalue weighted by molar-refractivity contribution is 0.0383. The molecular formula is C16H21N5O2S. The summed E-state index contributed by atoms with van der Waals surface area (Å²) >= 11 is 1.31. The van der Waals surface area contributed by atoms with Gasteiger partial charge in [0.15, 0.2) is 11.4 Å². The van der Waals surface area contributed by atoms with E-state index in [0.717, 1.165) is 32.8 Å². The number of nitrogens with one attached hydrogen (secondary N) is 2. The highest BCUT2D eigenvalue weighted by molar-refractivity contribution is 8.13. The summed E-state index contributed by atoms with van der Waals surface area (Å²) in [7, 11) is 0. The van der Waals surface area contributed by atoms with E-state index >= 15 is 0 Å². The molecule has 0 aliphatic carbocycles. The van der Waals surface area contributed by atoms with E-state index in [2.05, 4.69) is 20.5 Å². The molecule has 0 unspecified atom stereocenters. The lowest BCUT2D eigenvalue weighted by Crippen LogP contribution is -2.41. The molecule has 0 saturated carbocycles. The number of ether oxygens (including phenoxy) is 1. The van der Waals surface area contributed by atoms with Gasteiger partial charge in [-0.2, -0.15) is 5.26 Å². The van der Waals surface area contributed by atoms with Crippen molar-refractivity contribution in [3.05, 3.63) is 29.8 Å². The summed E-state index contributed by atoms with van der Waals surface area (Å²) in [6, 6.07) is 7.10. The number of nitrogens with zero attached hydrogens (tertiary/aromatic N) is 3. The smallest absolute Gasteiger partial charge is 0.253 e. The summed E-state index contributed by atoms with van der Waals surface area (Å²) < 4.78 is 5.31. The van der Waals surface area contributed by atoms with Gasteiger partial charge < -0.3 is 10.1 Å². The molecule has 0 aromatic heterocycles. The molecule has 8 heteroatoms. The largest absolute Gasteiger partial charge is 0.379 e. The summed E-state index contributed by atoms with van der Waals surface area (Å²) in [5.41, 5.74) is 1.03. The standard InChI is InChI=1S/C16H21N5O2S/c1-24-16(19-12-17)20-14-5-3-2-4-13(14)15(22)18-6-7-21-8-10-23-11-9-21/h2-5H,6-11H2,1H3,(H,18,22)(H,19,20). The van der Waals surface area contributed by atoms with Crippen LogP contribution >= 0.6 is 11.8 Å². The Labute approximate surface area is 146 Å². The van der Waals surface area contributed by atoms with Crippen LogP contribution in [0.1, 0.15) is 10.4 Å². The van der Waals surface area contributed by atoms with E-state index in [4.69, 9.17) is 10.00 Å². The molecule has 1 aromatic carbocycles. The van der Waals surface area contributed by atoms with E-state index in [1.165, 1.54) is 11.8 Å². The first-order chi connectivity index (χ1) is 11.7. The van der Waals surface area contributed by atoms with Gasteiger partial charge in [0.1, 0.15) is 0 Å². The van der Waals surface area contributed by atoms with Gasteiger partial charge in [0.2, 0.25) is 0 Å². The number of hydrogen-bond donors (Lipinski definition) is 2. The maximum absolute atomic E-state index is 12.4. The van der Waals surface area contributed by atoms with Crippen LogP contribution in [0.15, 0.2) is 29.3 Å². The summed E-state index contributed by atoms with van der Waals surface area (Å²) in [5, 5.41) is 14.6. The monoisotopic (exact) mass is 347 g/mol. The van der Waals surface area contributed by atoms with Crippen molar-refractivity contribution in [1.82, 2.24) is 15.5 Å². The predicted molar refractivity (Wildman–Crippen MR) is 95.4 cm³/mol. The highest BCUT2D eigenvalue weighted by Gasteiger charge is 2.13. The number of para-hydroxylation sites is 1. The minimum Gasteiger partial charge on any atom is -0.379 e. The summed E-state index contributed by atoms with van der Waals surface area (Å²) in [6.45, 7) is 4.65. The third kappa shape index (κ3) is 5.53. The molecule has 1 aromatic rings. The van der Waals surface area contributed by atoms with Crippen LogP contribution in [0.5, 0.6) is 0 Å². The Balaban J connectivity index is 1.97. The number of aliphatic imine (C=N–C) groups is 1. The number of hydrogen-bond acceptors (Lipinski definition) is 6. The maximum Gasteiger partial charge on any atom is 0.253 e. The van der Waals surface area contributed by atoms with E-state index in [9.17, 15) is 4.79 Å². The molecule has 24 heavy (non-hydrogen) atoms. The van der Waals surface area contributed by atoms with E-state index in [1.807, 2.05) is 18.5 Å². The predicted octanol–water partition coefficient (Wildman–Crippen LogP) is 1.17. The first kappa shape index (κ1) is 18.3. The second-order valence-corrected chi connectivity index (χ2v) is 5.88. The number of amidine groups is 1. The topological polar surface area (TPSA) is 89.8 Å². The quantitative estimate of drug-likeness (QED) is 0.360. The van der Waals surface area contributed by atoms with Crippen molar-refractivity contribution in [3.8, 4) is 6.19 Å². The first-order valence-electron chi connectivity index (χ1n) is 7.69. The Hall–Kier alpha value is -2.08. The average Bonchev–Trinajstić information content (AvgIpc) is 2.62. The van der Waals surface area contributed by atoms with Crippen LogP contribution in [0.3, 0.4) is 0 Å². The van der Waals surface area contributed by atoms with Gasteiger partial charge in [-0.15, -0.1) is 0 Å². The number of carbonyl (C=O) groups is 1. The van der Waals surface area contributed by atoms with E-state index in [0.29, 0.717) is 23.0 Å². The van der Waals surface area contributed by atoms with Crippen LogP contribution in [-0.4, -0.2) is 61.6 Å². The van der Waals surface area contributed by atoms with Gasteiger partial charge in [0, 0.05) is 26.2 Å². The molecule has 0 spiro atoms. The Morgan fingerprint density at radius 3 is 2.88 bits per heavy atom. The van der Waals surface area contributed by atoms with Gasteiger partial charge in [-0.3, -0.25) is 15.0 Å². The number of rotatable bonds is 5. The van der Waals surface area contributed by atoms with Gasteiger partial charge in [-0.1, -0.05) is 23.9 Å². The number of nitriles is 1. The molecule has 1 saturated heterocycles. The fraction of sp³-hybridized carbons (Fsp3) is 0.438. The van der Waals surface area contributed by atoms with E-state index in [-0.39, 0.29) is 5.91 Å². The third-order valence-corrected chi connectivity index (χ3v) is 4.12. The van der Waals surface area contributed by atoms with Gasteiger partial charge in [-0.05, 0) is 18.4 Å². The third-order valence-electron chi connectivity index (χ3n) is 3.54. The molecule has 128 valence electrons. The second-order valence-electron chi connectivity index (χ2n) is 5.08. The second kappa shape index (κ2) is 9.93. The summed E-state index contributed by atoms with van der Waals surface area (Å²) in [4.78, 5) is 19.0. The van der Waals surface area contributed by atoms with Gasteiger partial charge >= 0.3 is 0 Å². The molecule has 1 aliphatic rings. The zero-order valence-electron chi connectivity index (χ0n) is 13.6. The molecule has 2 rings (SSSR count). The molecule has 2 N–H and O–H groups in total. The number of benzene rings is 1. The zero-order chi connectivity index (χ0) is 17.2. The zero-order valence-corrected chi connectivity index (χ0v) is 14.4. The van der Waals surface area contributed by atoms with Gasteiger partial charge in [0.25, 0.3) is 5.91 Å². The molecule has 0 radical (unpaired) electrons. The lowest BCUT2D eigenvalue weighted by Gasteiger charge is -2.26. The van der Waals surface area contributed by atoms with Crippen molar-refractivity contribution in [1.29, 1.82) is 5.26 Å². The lowest BCUT2D eigenvalue weighted by atomic mass is 10.1. The minimum absolute atomic E-state index is 0.167. The van der Waals surface area contributed by atoms with Gasteiger partial charge in [0.05, 0.1) is 24.5 Å². The maximum atomic E-state index is 12.4. The van der Waals surface area contributed by atoms with E-state index in [1.54, 1.807) is 18.2 Å². The molecule has 7 nitrogen and oxygen atoms in total. The molecule has 1 fully saturated rings. The van der Waals surface area contributed by atoms with Crippen molar-refractivity contribution in [2.24, 2.45) is 4.99 Å². The van der Waals surface area contributed by atoms with E-state index < -0.39 is 0 Å². The average molecular weight is 347 g/mol. The SMILES string of the molecule is CSC(=Nc1ccccc1C(=O)NCCN1CCOCC1)NC#N. The highest BCUT2D eigenvalue weighted by Crippen LogP contribution is 2.20. The van der Waals surface area contributed by atoms with Crippen LogP contribution in [0.4, 0.5) is 5.69 Å². The molecular weight excluding hydrogens is 326 g/mol.